The molecular formula is C7H16N2O3. The van der Waals surface area contributed by atoms with Gasteiger partial charge in [0.25, 0.3) is 0 Å². The highest BCUT2D eigenvalue weighted by Gasteiger charge is 2.05. The van der Waals surface area contributed by atoms with Crippen LogP contribution < -0.4 is 11.4 Å². The fraction of sp³-hybridized carbons (Fsp3) is 0.857. The van der Waals surface area contributed by atoms with Crippen molar-refractivity contribution in [1.82, 2.24) is 5.64 Å². The van der Waals surface area contributed by atoms with Crippen molar-refractivity contribution in [2.24, 2.45) is 5.73 Å². The van der Waals surface area contributed by atoms with Crippen molar-refractivity contribution in [3.05, 3.63) is 0 Å². The molecule has 3 N–H and O–H groups in total. The van der Waals surface area contributed by atoms with E-state index in [0.29, 0.717) is 0 Å². The molecule has 12 heavy (non-hydrogen) atoms. The quantitative estimate of drug-likeness (QED) is 0.594. The highest BCUT2D eigenvalue weighted by molar-refractivity contribution is 5.64. The molecule has 0 aliphatic heterocycles. The number of carbonyl (C=O) groups excluding carboxylic acids is 1. The number of amides is 1. The molecule has 0 rings (SSSR count). The second kappa shape index (κ2) is 6.87. The van der Waals surface area contributed by atoms with Gasteiger partial charge in [0.2, 0.25) is 0 Å². The number of nitrogens with two attached hydrogens (primary N) is 1. The van der Waals surface area contributed by atoms with Crippen LogP contribution in [0.3, 0.4) is 0 Å². The Kier molecular flexibility index (Phi) is 6.41. The first-order chi connectivity index (χ1) is 5.70. The molecule has 0 fully saturated rings. The van der Waals surface area contributed by atoms with Gasteiger partial charge in [0.1, 0.15) is 0 Å². The van der Waals surface area contributed by atoms with Crippen LogP contribution in [0.2, 0.25) is 0 Å². The number of hydrogen-bond donors (Lipinski definition) is 2. The molecule has 0 bridgehead atoms. The van der Waals surface area contributed by atoms with E-state index in [0.717, 1.165) is 19.3 Å². The second-order valence-electron chi connectivity index (χ2n) is 2.44. The molecule has 0 saturated carbocycles. The van der Waals surface area contributed by atoms with Crippen molar-refractivity contribution in [1.29, 1.82) is 0 Å². The summed E-state index contributed by atoms with van der Waals surface area (Å²) in [6.07, 6.45) is 1.97. The number of carbonyl (C=O) groups is 1. The summed E-state index contributed by atoms with van der Waals surface area (Å²) in [5.74, 6) is 0. The predicted molar refractivity (Wildman–Crippen MR) is 43.9 cm³/mol. The van der Waals surface area contributed by atoms with Gasteiger partial charge < -0.3 is 10.6 Å². The Morgan fingerprint density at radius 3 is 2.67 bits per heavy atom. The Balaban J connectivity index is 3.37. The van der Waals surface area contributed by atoms with E-state index < -0.39 is 6.09 Å². The molecular weight excluding hydrogens is 160 g/mol. The standard InChI is InChI=1S/C7H16N2O3/c1-3-5-6(4-2)11-9-12-7(8)10/h6,9H,3-5H2,1-2H3,(H2,8,10). The Morgan fingerprint density at radius 1 is 1.58 bits per heavy atom. The first-order valence-corrected chi connectivity index (χ1v) is 4.07. The SMILES string of the molecule is CCCC(CC)ONOC(N)=O. The normalized spacial score (nSPS) is 12.5. The van der Waals surface area contributed by atoms with Crippen molar-refractivity contribution >= 4 is 6.09 Å². The Morgan fingerprint density at radius 2 is 2.25 bits per heavy atom. The number of nitrogens with one attached hydrogen (secondary N) is 1. The van der Waals surface area contributed by atoms with Crippen LogP contribution in [-0.2, 0) is 9.68 Å². The lowest BCUT2D eigenvalue weighted by atomic mass is 10.2. The van der Waals surface area contributed by atoms with Crippen molar-refractivity contribution in [2.75, 3.05) is 0 Å². The summed E-state index contributed by atoms with van der Waals surface area (Å²) in [6.45, 7) is 4.05. The molecule has 0 aromatic carbocycles. The van der Waals surface area contributed by atoms with Crippen LogP contribution in [0.15, 0.2) is 0 Å². The van der Waals surface area contributed by atoms with E-state index in [1.807, 2.05) is 12.6 Å². The zero-order valence-electron chi connectivity index (χ0n) is 7.50. The average molecular weight is 176 g/mol. The minimum atomic E-state index is -0.902. The third-order valence-electron chi connectivity index (χ3n) is 1.42. The fourth-order valence-electron chi connectivity index (χ4n) is 0.802. The third kappa shape index (κ3) is 5.94. The summed E-state index contributed by atoms with van der Waals surface area (Å²) in [4.78, 5) is 19.2. The molecule has 0 aliphatic carbocycles. The largest absolute Gasteiger partial charge is 0.425 e. The Bertz CT molecular complexity index is 130. The van der Waals surface area contributed by atoms with Gasteiger partial charge >= 0.3 is 6.09 Å². The smallest absolute Gasteiger partial charge is 0.333 e. The summed E-state index contributed by atoms with van der Waals surface area (Å²) in [6, 6.07) is 0. The van der Waals surface area contributed by atoms with E-state index >= 15 is 0 Å². The zero-order chi connectivity index (χ0) is 9.40. The maximum atomic E-state index is 10.1. The molecule has 5 heteroatoms. The van der Waals surface area contributed by atoms with Crippen molar-refractivity contribution in [3.63, 3.8) is 0 Å². The molecule has 0 aromatic rings. The summed E-state index contributed by atoms with van der Waals surface area (Å²) in [7, 11) is 0. The minimum absolute atomic E-state index is 0.0642. The number of rotatable bonds is 6. The molecule has 0 heterocycles. The van der Waals surface area contributed by atoms with Crippen LogP contribution in [0.25, 0.3) is 0 Å². The summed E-state index contributed by atoms with van der Waals surface area (Å²) < 4.78 is 0. The first kappa shape index (κ1) is 11.2. The highest BCUT2D eigenvalue weighted by Crippen LogP contribution is 2.03. The Hall–Kier alpha value is -0.810. The molecule has 0 radical (unpaired) electrons. The van der Waals surface area contributed by atoms with Gasteiger partial charge in [-0.3, -0.25) is 4.84 Å². The van der Waals surface area contributed by atoms with Crippen LogP contribution >= 0.6 is 0 Å². The molecule has 1 amide bonds. The summed E-state index contributed by atoms with van der Waals surface area (Å²) in [5.41, 5.74) is 6.74. The van der Waals surface area contributed by atoms with E-state index in [4.69, 9.17) is 10.6 Å². The van der Waals surface area contributed by atoms with Gasteiger partial charge in [0, 0.05) is 0 Å². The van der Waals surface area contributed by atoms with E-state index in [2.05, 4.69) is 11.8 Å². The van der Waals surface area contributed by atoms with Gasteiger partial charge in [-0.05, 0) is 18.5 Å². The van der Waals surface area contributed by atoms with Crippen LogP contribution in [0, 0.1) is 0 Å². The molecule has 0 aromatic heterocycles. The van der Waals surface area contributed by atoms with Gasteiger partial charge in [0.15, 0.2) is 0 Å². The molecule has 0 saturated heterocycles. The van der Waals surface area contributed by atoms with E-state index in [9.17, 15) is 4.79 Å². The van der Waals surface area contributed by atoms with Gasteiger partial charge in [0.05, 0.1) is 6.10 Å². The molecule has 1 unspecified atom stereocenters. The monoisotopic (exact) mass is 176 g/mol. The first-order valence-electron chi connectivity index (χ1n) is 4.07. The Labute approximate surface area is 72.1 Å². The lowest BCUT2D eigenvalue weighted by Crippen LogP contribution is -2.29. The van der Waals surface area contributed by atoms with E-state index in [1.165, 1.54) is 0 Å². The molecule has 0 aliphatic rings. The van der Waals surface area contributed by atoms with Crippen molar-refractivity contribution in [2.45, 2.75) is 39.2 Å². The van der Waals surface area contributed by atoms with Crippen LogP contribution in [0.5, 0.6) is 0 Å². The third-order valence-corrected chi connectivity index (χ3v) is 1.42. The van der Waals surface area contributed by atoms with E-state index in [1.54, 1.807) is 0 Å². The highest BCUT2D eigenvalue weighted by atomic mass is 16.9. The van der Waals surface area contributed by atoms with Gasteiger partial charge in [-0.25, -0.2) is 4.79 Å². The summed E-state index contributed by atoms with van der Waals surface area (Å²) >= 11 is 0. The predicted octanol–water partition coefficient (Wildman–Crippen LogP) is 1.10. The fourth-order valence-corrected chi connectivity index (χ4v) is 0.802. The summed E-state index contributed by atoms with van der Waals surface area (Å²) in [5, 5.41) is 0. The average Bonchev–Trinajstić information content (AvgIpc) is 2.02. The molecule has 5 nitrogen and oxygen atoms in total. The minimum Gasteiger partial charge on any atom is -0.333 e. The van der Waals surface area contributed by atoms with Gasteiger partial charge in [-0.2, -0.15) is 0 Å². The van der Waals surface area contributed by atoms with Crippen LogP contribution in [-0.4, -0.2) is 12.2 Å². The molecule has 1 atom stereocenters. The lowest BCUT2D eigenvalue weighted by molar-refractivity contribution is -0.164. The van der Waals surface area contributed by atoms with Crippen LogP contribution in [0.1, 0.15) is 33.1 Å². The van der Waals surface area contributed by atoms with Gasteiger partial charge in [-0.1, -0.05) is 20.3 Å². The van der Waals surface area contributed by atoms with Crippen molar-refractivity contribution in [3.8, 4) is 0 Å². The van der Waals surface area contributed by atoms with Crippen LogP contribution in [0.4, 0.5) is 4.79 Å². The maximum Gasteiger partial charge on any atom is 0.425 e. The number of primary amides is 1. The van der Waals surface area contributed by atoms with Gasteiger partial charge in [-0.15, -0.1) is 0 Å². The van der Waals surface area contributed by atoms with E-state index in [-0.39, 0.29) is 6.10 Å². The van der Waals surface area contributed by atoms with Crippen molar-refractivity contribution < 1.29 is 14.5 Å². The maximum absolute atomic E-state index is 10.1. The topological polar surface area (TPSA) is 73.6 Å². The number of hydrogen-bond acceptors (Lipinski definition) is 4. The molecule has 72 valence electrons. The second-order valence-corrected chi connectivity index (χ2v) is 2.44. The lowest BCUT2D eigenvalue weighted by Gasteiger charge is -2.13. The molecule has 0 spiro atoms. The zero-order valence-corrected chi connectivity index (χ0v) is 7.50.